The Kier molecular flexibility index (Phi) is 5.12. The smallest absolute Gasteiger partial charge is 0.334 e. The molecule has 0 unspecified atom stereocenters. The lowest BCUT2D eigenvalue weighted by Crippen LogP contribution is -2.21. The number of carbonyl (C=O) groups is 1. The van der Waals surface area contributed by atoms with Crippen molar-refractivity contribution in [2.75, 3.05) is 13.2 Å². The van der Waals surface area contributed by atoms with Gasteiger partial charge in [0.05, 0.1) is 0 Å². The van der Waals surface area contributed by atoms with Crippen LogP contribution in [0.3, 0.4) is 0 Å². The van der Waals surface area contributed by atoms with E-state index in [4.69, 9.17) is 34.8 Å². The third-order valence-electron chi connectivity index (χ3n) is 0.598. The third-order valence-corrected chi connectivity index (χ3v) is 0.925. The Morgan fingerprint density at radius 2 is 2.00 bits per heavy atom. The van der Waals surface area contributed by atoms with Crippen LogP contribution >= 0.6 is 34.8 Å². The summed E-state index contributed by atoms with van der Waals surface area (Å²) in [5.41, 5.74) is 0. The van der Waals surface area contributed by atoms with Gasteiger partial charge in [-0.25, -0.2) is 10.7 Å². The molecular weight excluding hydrogens is 216 g/mol. The summed E-state index contributed by atoms with van der Waals surface area (Å²) in [5, 5.41) is 0. The molecule has 0 aromatic rings. The van der Waals surface area contributed by atoms with Crippen molar-refractivity contribution in [2.45, 2.75) is 3.79 Å². The summed E-state index contributed by atoms with van der Waals surface area (Å²) >= 11 is 15.8. The molecule has 2 N–H and O–H groups in total. The van der Waals surface area contributed by atoms with E-state index in [1.807, 2.05) is 0 Å². The van der Waals surface area contributed by atoms with Crippen LogP contribution in [-0.4, -0.2) is 23.0 Å². The first-order valence-corrected chi connectivity index (χ1v) is 3.63. The van der Waals surface area contributed by atoms with Crippen LogP contribution in [-0.2, 0) is 14.4 Å². The lowest BCUT2D eigenvalue weighted by molar-refractivity contribution is -0.148. The summed E-state index contributed by atoms with van der Waals surface area (Å²) < 4.78 is 2.81. The van der Waals surface area contributed by atoms with Gasteiger partial charge in [0.25, 0.3) is 0 Å². The Morgan fingerprint density at radius 1 is 1.45 bits per heavy atom. The highest BCUT2D eigenvalue weighted by Gasteiger charge is 2.21. The summed E-state index contributed by atoms with van der Waals surface area (Å²) in [6.07, 6.45) is 0. The first kappa shape index (κ1) is 11.3. The molecule has 11 heavy (non-hydrogen) atoms. The van der Waals surface area contributed by atoms with E-state index in [0.29, 0.717) is 0 Å². The minimum Gasteiger partial charge on any atom is -0.459 e. The number of hydrogen-bond acceptors (Lipinski definition) is 4. The molecule has 0 saturated carbocycles. The largest absolute Gasteiger partial charge is 0.459 e. The average molecular weight is 222 g/mol. The van der Waals surface area contributed by atoms with Crippen LogP contribution in [0.1, 0.15) is 0 Å². The maximum Gasteiger partial charge on any atom is 0.334 e. The molecule has 0 spiro atoms. The highest BCUT2D eigenvalue weighted by molar-refractivity contribution is 6.67. The molecule has 0 heterocycles. The van der Waals surface area contributed by atoms with Crippen molar-refractivity contribution in [1.82, 2.24) is 0 Å². The fourth-order valence-corrected chi connectivity index (χ4v) is 0.436. The number of hydrogen-bond donors (Lipinski definition) is 1. The molecule has 0 aliphatic carbocycles. The van der Waals surface area contributed by atoms with Crippen molar-refractivity contribution in [3.63, 3.8) is 0 Å². The van der Waals surface area contributed by atoms with Crippen molar-refractivity contribution in [2.24, 2.45) is 5.90 Å². The second-order valence-electron chi connectivity index (χ2n) is 1.59. The van der Waals surface area contributed by atoms with E-state index in [9.17, 15) is 4.79 Å². The van der Waals surface area contributed by atoms with E-state index in [2.05, 4.69) is 15.5 Å². The van der Waals surface area contributed by atoms with E-state index in [0.717, 1.165) is 0 Å². The highest BCUT2D eigenvalue weighted by atomic mass is 35.6. The molecule has 0 bridgehead atoms. The molecule has 0 aromatic carbocycles. The molecular formula is C4H6Cl3NO3. The van der Waals surface area contributed by atoms with Gasteiger partial charge in [0.15, 0.2) is 6.61 Å². The minimum absolute atomic E-state index is 0.320. The van der Waals surface area contributed by atoms with E-state index < -0.39 is 9.76 Å². The third kappa shape index (κ3) is 8.16. The second kappa shape index (κ2) is 5.00. The Morgan fingerprint density at radius 3 is 2.36 bits per heavy atom. The number of carbonyl (C=O) groups excluding carboxylic acids is 1. The van der Waals surface area contributed by atoms with Crippen molar-refractivity contribution < 1.29 is 14.4 Å². The molecule has 0 aromatic heterocycles. The maximum absolute atomic E-state index is 10.5. The molecule has 0 atom stereocenters. The van der Waals surface area contributed by atoms with Crippen LogP contribution < -0.4 is 5.90 Å². The summed E-state index contributed by atoms with van der Waals surface area (Å²) in [5.74, 6) is 3.89. The van der Waals surface area contributed by atoms with Gasteiger partial charge in [0.2, 0.25) is 3.79 Å². The first-order valence-electron chi connectivity index (χ1n) is 2.50. The van der Waals surface area contributed by atoms with Gasteiger partial charge in [0, 0.05) is 0 Å². The second-order valence-corrected chi connectivity index (χ2v) is 4.10. The monoisotopic (exact) mass is 221 g/mol. The van der Waals surface area contributed by atoms with Gasteiger partial charge in [-0.2, -0.15) is 0 Å². The van der Waals surface area contributed by atoms with Crippen LogP contribution in [0.25, 0.3) is 0 Å². The number of esters is 1. The molecule has 0 rings (SSSR count). The van der Waals surface area contributed by atoms with Crippen molar-refractivity contribution >= 4 is 40.8 Å². The molecule has 4 nitrogen and oxygen atoms in total. The summed E-state index contributed by atoms with van der Waals surface area (Å²) in [6, 6.07) is 0. The molecule has 66 valence electrons. The fraction of sp³-hybridized carbons (Fsp3) is 0.750. The van der Waals surface area contributed by atoms with Gasteiger partial charge in [-0.05, 0) is 0 Å². The van der Waals surface area contributed by atoms with Gasteiger partial charge in [-0.3, -0.25) is 4.84 Å². The Labute approximate surface area is 78.4 Å². The zero-order chi connectivity index (χ0) is 8.91. The fourth-order valence-electron chi connectivity index (χ4n) is 0.272. The normalized spacial score (nSPS) is 11.3. The Bertz CT molecular complexity index is 135. The average Bonchev–Trinajstić information content (AvgIpc) is 1.83. The zero-order valence-electron chi connectivity index (χ0n) is 5.35. The van der Waals surface area contributed by atoms with Crippen molar-refractivity contribution in [3.05, 3.63) is 0 Å². The lowest BCUT2D eigenvalue weighted by atomic mass is 10.7. The summed E-state index contributed by atoms with van der Waals surface area (Å²) in [6.45, 7) is -0.680. The van der Waals surface area contributed by atoms with Crippen LogP contribution in [0.2, 0.25) is 0 Å². The van der Waals surface area contributed by atoms with E-state index in [1.165, 1.54) is 0 Å². The lowest BCUT2D eigenvalue weighted by Gasteiger charge is -2.10. The van der Waals surface area contributed by atoms with E-state index >= 15 is 0 Å². The van der Waals surface area contributed by atoms with E-state index in [-0.39, 0.29) is 13.2 Å². The molecule has 0 amide bonds. The molecule has 0 radical (unpaired) electrons. The van der Waals surface area contributed by atoms with Gasteiger partial charge >= 0.3 is 5.97 Å². The molecule has 7 heteroatoms. The van der Waals surface area contributed by atoms with Gasteiger partial charge in [-0.15, -0.1) is 0 Å². The molecule has 0 saturated heterocycles. The topological polar surface area (TPSA) is 61.5 Å². The predicted octanol–water partition coefficient (Wildman–Crippen LogP) is 0.790. The molecule has 0 fully saturated rings. The standard InChI is InChI=1S/C4H6Cl3NO3/c5-4(6,7)2-10-3(9)1-11-8/h1-2,8H2. The SMILES string of the molecule is NOCC(=O)OCC(Cl)(Cl)Cl. The van der Waals surface area contributed by atoms with Crippen LogP contribution in [0, 0.1) is 0 Å². The van der Waals surface area contributed by atoms with Crippen molar-refractivity contribution in [1.29, 1.82) is 0 Å². The minimum atomic E-state index is -1.59. The van der Waals surface area contributed by atoms with Gasteiger partial charge in [-0.1, -0.05) is 34.8 Å². The molecule has 0 aliphatic heterocycles. The number of ether oxygens (including phenoxy) is 1. The van der Waals surface area contributed by atoms with Gasteiger partial charge < -0.3 is 4.74 Å². The van der Waals surface area contributed by atoms with Gasteiger partial charge in [0.1, 0.15) is 6.61 Å². The summed E-state index contributed by atoms with van der Waals surface area (Å²) in [7, 11) is 0. The summed E-state index contributed by atoms with van der Waals surface area (Å²) in [4.78, 5) is 14.5. The van der Waals surface area contributed by atoms with Crippen LogP contribution in [0.5, 0.6) is 0 Å². The van der Waals surface area contributed by atoms with Crippen molar-refractivity contribution in [3.8, 4) is 0 Å². The van der Waals surface area contributed by atoms with Crippen LogP contribution in [0.4, 0.5) is 0 Å². The number of nitrogens with two attached hydrogens (primary N) is 1. The Hall–Kier alpha value is 0.260. The highest BCUT2D eigenvalue weighted by Crippen LogP contribution is 2.25. The Balaban J connectivity index is 3.46. The molecule has 0 aliphatic rings. The predicted molar refractivity (Wildman–Crippen MR) is 41.4 cm³/mol. The first-order chi connectivity index (χ1) is 4.95. The quantitative estimate of drug-likeness (QED) is 0.436. The number of halogens is 3. The maximum atomic E-state index is 10.5. The van der Waals surface area contributed by atoms with Crippen LogP contribution in [0.15, 0.2) is 0 Å². The number of rotatable bonds is 3. The zero-order valence-corrected chi connectivity index (χ0v) is 7.62. The number of alkyl halides is 3. The van der Waals surface area contributed by atoms with E-state index in [1.54, 1.807) is 0 Å².